The maximum Gasteiger partial charge on any atom is 0.127 e. The minimum Gasteiger partial charge on any atom is -0.457 e. The molecule has 1 nitrogen and oxygen atoms in total. The highest BCUT2D eigenvalue weighted by molar-refractivity contribution is 5.86. The highest BCUT2D eigenvalue weighted by atomic mass is 16.5. The smallest absolute Gasteiger partial charge is 0.127 e. The van der Waals surface area contributed by atoms with Crippen molar-refractivity contribution in [2.75, 3.05) is 0 Å². The van der Waals surface area contributed by atoms with Gasteiger partial charge in [-0.2, -0.15) is 0 Å². The molecule has 5 aromatic carbocycles. The summed E-state index contributed by atoms with van der Waals surface area (Å²) in [4.78, 5) is 0. The second-order valence-electron chi connectivity index (χ2n) is 10.3. The summed E-state index contributed by atoms with van der Waals surface area (Å²) < 4.78 is 6.28. The number of aryl methyl sites for hydroxylation is 4. The summed E-state index contributed by atoms with van der Waals surface area (Å²) in [5.74, 6) is 1.79. The molecule has 0 spiro atoms. The molecule has 0 saturated heterocycles. The Kier molecular flexibility index (Phi) is 4.69. The molecule has 0 heterocycles. The van der Waals surface area contributed by atoms with Crippen molar-refractivity contribution < 1.29 is 4.74 Å². The van der Waals surface area contributed by atoms with Gasteiger partial charge in [-0.05, 0) is 95.5 Å². The van der Waals surface area contributed by atoms with E-state index in [0.29, 0.717) is 0 Å². The fraction of sp³-hybridized carbons (Fsp3) is 0.143. The number of hydrogen-bond acceptors (Lipinski definition) is 1. The molecular weight excluding hydrogens is 436 g/mol. The zero-order valence-electron chi connectivity index (χ0n) is 20.7. The van der Waals surface area contributed by atoms with E-state index in [-0.39, 0.29) is 5.41 Å². The van der Waals surface area contributed by atoms with E-state index in [1.807, 2.05) is 0 Å². The zero-order valence-corrected chi connectivity index (χ0v) is 20.7. The van der Waals surface area contributed by atoms with Gasteiger partial charge in [0.2, 0.25) is 0 Å². The van der Waals surface area contributed by atoms with Crippen molar-refractivity contribution in [3.05, 3.63) is 154 Å². The highest BCUT2D eigenvalue weighted by Gasteiger charge is 2.46. The van der Waals surface area contributed by atoms with Crippen LogP contribution in [0.4, 0.5) is 0 Å². The van der Waals surface area contributed by atoms with E-state index in [1.165, 1.54) is 62.1 Å². The van der Waals surface area contributed by atoms with Crippen LogP contribution in [0.15, 0.2) is 109 Å². The molecule has 36 heavy (non-hydrogen) atoms. The van der Waals surface area contributed by atoms with Gasteiger partial charge in [-0.25, -0.2) is 0 Å². The van der Waals surface area contributed by atoms with Crippen molar-refractivity contribution in [1.82, 2.24) is 0 Å². The average molecular weight is 465 g/mol. The average Bonchev–Trinajstić information content (AvgIpc) is 3.17. The van der Waals surface area contributed by atoms with Gasteiger partial charge < -0.3 is 4.74 Å². The lowest BCUT2D eigenvalue weighted by Gasteiger charge is -2.34. The van der Waals surface area contributed by atoms with Gasteiger partial charge in [0, 0.05) is 0 Å². The first-order valence-corrected chi connectivity index (χ1v) is 12.8. The quantitative estimate of drug-likeness (QED) is 0.254. The third kappa shape index (κ3) is 3.09. The van der Waals surface area contributed by atoms with Gasteiger partial charge in [0.1, 0.15) is 11.5 Å². The molecule has 0 bridgehead atoms. The van der Waals surface area contributed by atoms with Gasteiger partial charge in [0.05, 0.1) is 5.41 Å². The third-order valence-corrected chi connectivity index (χ3v) is 8.05. The molecule has 0 N–H and O–H groups in total. The van der Waals surface area contributed by atoms with Crippen LogP contribution in [-0.2, 0) is 18.3 Å². The standard InChI is InChI=1S/C35H28O/c1-23-7-13-27(14-8-23)35(33-6-4-3-5-31(33)32-20-9-24(2)21-34(32)35)28-15-18-29(19-16-28)36-30-17-12-25-10-11-26(25)22-30/h3-9,12-22H,10-11H2,1-2H3. The lowest BCUT2D eigenvalue weighted by molar-refractivity contribution is 0.480. The topological polar surface area (TPSA) is 9.23 Å². The summed E-state index contributed by atoms with van der Waals surface area (Å²) in [6.07, 6.45) is 2.34. The molecule has 5 aromatic rings. The van der Waals surface area contributed by atoms with Crippen molar-refractivity contribution >= 4 is 0 Å². The van der Waals surface area contributed by atoms with Crippen molar-refractivity contribution in [3.63, 3.8) is 0 Å². The summed E-state index contributed by atoms with van der Waals surface area (Å²) >= 11 is 0. The molecule has 0 fully saturated rings. The van der Waals surface area contributed by atoms with Crippen LogP contribution in [-0.4, -0.2) is 0 Å². The lowest BCUT2D eigenvalue weighted by atomic mass is 9.67. The Balaban J connectivity index is 1.40. The summed E-state index contributed by atoms with van der Waals surface area (Å²) in [5, 5.41) is 0. The molecule has 2 aliphatic carbocycles. The van der Waals surface area contributed by atoms with Gasteiger partial charge in [-0.1, -0.05) is 96.1 Å². The Labute approximate surface area is 213 Å². The van der Waals surface area contributed by atoms with Crippen LogP contribution in [0.2, 0.25) is 0 Å². The highest BCUT2D eigenvalue weighted by Crippen LogP contribution is 2.56. The van der Waals surface area contributed by atoms with E-state index in [9.17, 15) is 0 Å². The summed E-state index contributed by atoms with van der Waals surface area (Å²) in [6.45, 7) is 4.34. The second-order valence-corrected chi connectivity index (χ2v) is 10.3. The fourth-order valence-electron chi connectivity index (χ4n) is 6.13. The Hall–Kier alpha value is -4.10. The van der Waals surface area contributed by atoms with E-state index >= 15 is 0 Å². The van der Waals surface area contributed by atoms with Crippen LogP contribution in [0.25, 0.3) is 11.1 Å². The van der Waals surface area contributed by atoms with Crippen LogP contribution in [0, 0.1) is 13.8 Å². The number of rotatable bonds is 4. The minimum atomic E-state index is -0.375. The SMILES string of the molecule is Cc1ccc(C2(c3ccc(Oc4ccc5c(c4)CC5)cc3)c3ccccc3-c3ccc(C)cc32)cc1. The molecule has 0 aliphatic heterocycles. The van der Waals surface area contributed by atoms with E-state index < -0.39 is 0 Å². The molecule has 0 saturated carbocycles. The van der Waals surface area contributed by atoms with Gasteiger partial charge in [0.25, 0.3) is 0 Å². The summed E-state index contributed by atoms with van der Waals surface area (Å²) in [6, 6.07) is 40.1. The molecule has 1 unspecified atom stereocenters. The first kappa shape index (κ1) is 21.2. The Morgan fingerprint density at radius 3 is 1.89 bits per heavy atom. The lowest BCUT2D eigenvalue weighted by Crippen LogP contribution is -2.28. The van der Waals surface area contributed by atoms with Crippen molar-refractivity contribution in [2.45, 2.75) is 32.1 Å². The molecule has 0 amide bonds. The van der Waals surface area contributed by atoms with Crippen molar-refractivity contribution in [2.24, 2.45) is 0 Å². The largest absolute Gasteiger partial charge is 0.457 e. The Morgan fingerprint density at radius 1 is 0.528 bits per heavy atom. The predicted octanol–water partition coefficient (Wildman–Crippen LogP) is 8.56. The molecule has 0 aromatic heterocycles. The predicted molar refractivity (Wildman–Crippen MR) is 147 cm³/mol. The van der Waals surface area contributed by atoms with Crippen LogP contribution in [0.1, 0.15) is 44.5 Å². The third-order valence-electron chi connectivity index (χ3n) is 8.05. The molecule has 7 rings (SSSR count). The summed E-state index contributed by atoms with van der Waals surface area (Å²) in [7, 11) is 0. The van der Waals surface area contributed by atoms with E-state index in [0.717, 1.165) is 17.9 Å². The number of benzene rings is 5. The van der Waals surface area contributed by atoms with Crippen LogP contribution >= 0.6 is 0 Å². The van der Waals surface area contributed by atoms with E-state index in [4.69, 9.17) is 4.74 Å². The number of hydrogen-bond donors (Lipinski definition) is 0. The summed E-state index contributed by atoms with van der Waals surface area (Å²) in [5.41, 5.74) is 12.9. The molecule has 174 valence electrons. The first-order valence-electron chi connectivity index (χ1n) is 12.8. The maximum absolute atomic E-state index is 6.28. The molecule has 1 atom stereocenters. The number of fused-ring (bicyclic) bond motifs is 4. The minimum absolute atomic E-state index is 0.375. The van der Waals surface area contributed by atoms with Gasteiger partial charge in [-0.3, -0.25) is 0 Å². The van der Waals surface area contributed by atoms with Crippen molar-refractivity contribution in [3.8, 4) is 22.6 Å². The molecule has 2 aliphatic rings. The molecule has 1 heteroatoms. The van der Waals surface area contributed by atoms with Gasteiger partial charge >= 0.3 is 0 Å². The van der Waals surface area contributed by atoms with Crippen LogP contribution in [0.5, 0.6) is 11.5 Å². The van der Waals surface area contributed by atoms with Gasteiger partial charge in [-0.15, -0.1) is 0 Å². The fourth-order valence-corrected chi connectivity index (χ4v) is 6.13. The van der Waals surface area contributed by atoms with Crippen molar-refractivity contribution in [1.29, 1.82) is 0 Å². The Morgan fingerprint density at radius 2 is 1.17 bits per heavy atom. The van der Waals surface area contributed by atoms with Gasteiger partial charge in [0.15, 0.2) is 0 Å². The van der Waals surface area contributed by atoms with E-state index in [2.05, 4.69) is 123 Å². The number of ether oxygens (including phenoxy) is 1. The Bertz CT molecular complexity index is 1610. The first-order chi connectivity index (χ1) is 17.6. The zero-order chi connectivity index (χ0) is 24.3. The molecule has 0 radical (unpaired) electrons. The monoisotopic (exact) mass is 464 g/mol. The maximum atomic E-state index is 6.28. The normalized spacial score (nSPS) is 17.1. The molecular formula is C35H28O. The van der Waals surface area contributed by atoms with Crippen LogP contribution in [0.3, 0.4) is 0 Å². The second kappa shape index (κ2) is 7.96. The van der Waals surface area contributed by atoms with E-state index in [1.54, 1.807) is 0 Å². The van der Waals surface area contributed by atoms with Crippen LogP contribution < -0.4 is 4.74 Å².